The van der Waals surface area contributed by atoms with Crippen molar-refractivity contribution in [2.24, 2.45) is 5.73 Å². The molecule has 3 aromatic rings. The van der Waals surface area contributed by atoms with Gasteiger partial charge in [-0.2, -0.15) is 10.4 Å². The lowest BCUT2D eigenvalue weighted by Crippen LogP contribution is -2.58. The molecule has 0 aliphatic carbocycles. The van der Waals surface area contributed by atoms with E-state index in [9.17, 15) is 5.26 Å². The molecule has 1 aromatic heterocycles. The van der Waals surface area contributed by atoms with Crippen molar-refractivity contribution >= 4 is 22.3 Å². The highest BCUT2D eigenvalue weighted by Gasteiger charge is 2.30. The number of piperazine rings is 1. The SMILES string of the molecule is Cc1c(C#N)cccc1[C@@H](N)Nc1nnc(C)c2c(F)cc(N3CCN4CCOC[C@@H]4C3)cc12. The second-order valence-corrected chi connectivity index (χ2v) is 8.95. The van der Waals surface area contributed by atoms with Gasteiger partial charge in [0.15, 0.2) is 5.82 Å². The summed E-state index contributed by atoms with van der Waals surface area (Å²) in [7, 11) is 0. The van der Waals surface area contributed by atoms with Crippen LogP contribution in [-0.2, 0) is 4.74 Å². The van der Waals surface area contributed by atoms with E-state index in [-0.39, 0.29) is 5.82 Å². The number of aromatic nitrogens is 2. The Hall–Kier alpha value is -3.32. The van der Waals surface area contributed by atoms with Gasteiger partial charge < -0.3 is 20.7 Å². The van der Waals surface area contributed by atoms with Crippen LogP contribution in [0.3, 0.4) is 0 Å². The first kappa shape index (κ1) is 22.5. The van der Waals surface area contributed by atoms with Gasteiger partial charge in [0.2, 0.25) is 0 Å². The first-order chi connectivity index (χ1) is 16.5. The molecule has 2 atom stereocenters. The molecule has 2 aromatic carbocycles. The second kappa shape index (κ2) is 9.14. The molecule has 5 rings (SSSR count). The molecule has 3 heterocycles. The summed E-state index contributed by atoms with van der Waals surface area (Å²) in [5.74, 6) is 0.0803. The molecule has 0 amide bonds. The van der Waals surface area contributed by atoms with Crippen LogP contribution in [0.2, 0.25) is 0 Å². The number of anilines is 2. The lowest BCUT2D eigenvalue weighted by atomic mass is 10.0. The number of aryl methyl sites for hydroxylation is 1. The van der Waals surface area contributed by atoms with E-state index in [1.54, 1.807) is 25.1 Å². The molecule has 3 N–H and O–H groups in total. The molecule has 0 bridgehead atoms. The fourth-order valence-electron chi connectivity index (χ4n) is 4.98. The third-order valence-corrected chi connectivity index (χ3v) is 6.92. The van der Waals surface area contributed by atoms with Crippen molar-refractivity contribution in [3.63, 3.8) is 0 Å². The third-order valence-electron chi connectivity index (χ3n) is 6.92. The number of halogens is 1. The summed E-state index contributed by atoms with van der Waals surface area (Å²) in [6, 6.07) is 11.5. The Morgan fingerprint density at radius 3 is 2.91 bits per heavy atom. The van der Waals surface area contributed by atoms with Crippen molar-refractivity contribution in [1.29, 1.82) is 5.26 Å². The minimum absolute atomic E-state index is 0.306. The predicted molar refractivity (Wildman–Crippen MR) is 129 cm³/mol. The molecule has 0 radical (unpaired) electrons. The molecule has 2 saturated heterocycles. The summed E-state index contributed by atoms with van der Waals surface area (Å²) < 4.78 is 21.0. The number of ether oxygens (including phenoxy) is 1. The topological polar surface area (TPSA) is 103 Å². The number of nitrogens with two attached hydrogens (primary N) is 1. The molecule has 9 heteroatoms. The Balaban J connectivity index is 1.50. The van der Waals surface area contributed by atoms with Gasteiger partial charge in [-0.15, -0.1) is 5.10 Å². The van der Waals surface area contributed by atoms with Gasteiger partial charge in [0.25, 0.3) is 0 Å². The van der Waals surface area contributed by atoms with Crippen LogP contribution in [0.15, 0.2) is 30.3 Å². The van der Waals surface area contributed by atoms with Crippen molar-refractivity contribution in [3.8, 4) is 6.07 Å². The zero-order chi connectivity index (χ0) is 23.8. The number of hydrogen-bond donors (Lipinski definition) is 2. The summed E-state index contributed by atoms with van der Waals surface area (Å²) >= 11 is 0. The Morgan fingerprint density at radius 2 is 2.09 bits per heavy atom. The van der Waals surface area contributed by atoms with Crippen LogP contribution in [0.5, 0.6) is 0 Å². The van der Waals surface area contributed by atoms with E-state index in [4.69, 9.17) is 10.5 Å². The highest BCUT2D eigenvalue weighted by atomic mass is 19.1. The Morgan fingerprint density at radius 1 is 1.24 bits per heavy atom. The smallest absolute Gasteiger partial charge is 0.158 e. The van der Waals surface area contributed by atoms with Crippen molar-refractivity contribution in [1.82, 2.24) is 15.1 Å². The fraction of sp³-hybridized carbons (Fsp3) is 0.400. The van der Waals surface area contributed by atoms with Gasteiger partial charge in [-0.3, -0.25) is 4.90 Å². The van der Waals surface area contributed by atoms with E-state index in [2.05, 4.69) is 31.4 Å². The summed E-state index contributed by atoms with van der Waals surface area (Å²) in [6.45, 7) is 8.54. The van der Waals surface area contributed by atoms with E-state index < -0.39 is 6.17 Å². The van der Waals surface area contributed by atoms with E-state index in [0.29, 0.717) is 40.5 Å². The maximum atomic E-state index is 15.4. The summed E-state index contributed by atoms with van der Waals surface area (Å²) in [4.78, 5) is 4.65. The summed E-state index contributed by atoms with van der Waals surface area (Å²) in [5, 5.41) is 22.1. The standard InChI is InChI=1S/C25H28FN7O/c1-15-17(12-27)4-3-5-20(15)24(28)29-25-21-10-18(11-22(26)23(21)16(2)30-31-25)33-7-6-32-8-9-34-14-19(32)13-33/h3-5,10-11,19,24H,6-9,13-14,28H2,1-2H3,(H,29,31)/t19-,24-/m0/s1. The monoisotopic (exact) mass is 461 g/mol. The van der Waals surface area contributed by atoms with E-state index >= 15 is 4.39 Å². The molecule has 2 fully saturated rings. The number of nitriles is 1. The summed E-state index contributed by atoms with van der Waals surface area (Å²) in [6.07, 6.45) is -0.636. The molecule has 0 spiro atoms. The average molecular weight is 462 g/mol. The Bertz CT molecular complexity index is 1270. The van der Waals surface area contributed by atoms with Crippen LogP contribution in [-0.4, -0.2) is 60.5 Å². The average Bonchev–Trinajstić information content (AvgIpc) is 2.85. The minimum atomic E-state index is -0.636. The highest BCUT2D eigenvalue weighted by Crippen LogP contribution is 2.33. The van der Waals surface area contributed by atoms with Gasteiger partial charge in [-0.25, -0.2) is 4.39 Å². The number of nitrogens with one attached hydrogen (secondary N) is 1. The van der Waals surface area contributed by atoms with E-state index in [1.165, 1.54) is 0 Å². The zero-order valence-corrected chi connectivity index (χ0v) is 19.4. The number of rotatable bonds is 4. The highest BCUT2D eigenvalue weighted by molar-refractivity contribution is 5.96. The molecule has 2 aliphatic rings. The van der Waals surface area contributed by atoms with Crippen LogP contribution in [0.25, 0.3) is 10.8 Å². The maximum absolute atomic E-state index is 15.4. The van der Waals surface area contributed by atoms with Crippen molar-refractivity contribution < 1.29 is 9.13 Å². The van der Waals surface area contributed by atoms with Gasteiger partial charge in [0.05, 0.1) is 36.6 Å². The van der Waals surface area contributed by atoms with Crippen molar-refractivity contribution in [2.45, 2.75) is 26.1 Å². The quantitative estimate of drug-likeness (QED) is 0.572. The third kappa shape index (κ3) is 4.05. The molecule has 8 nitrogen and oxygen atoms in total. The largest absolute Gasteiger partial charge is 0.378 e. The van der Waals surface area contributed by atoms with Gasteiger partial charge in [-0.05, 0) is 43.2 Å². The van der Waals surface area contributed by atoms with Gasteiger partial charge in [-0.1, -0.05) is 12.1 Å². The van der Waals surface area contributed by atoms with Crippen LogP contribution in [0.4, 0.5) is 15.9 Å². The van der Waals surface area contributed by atoms with Crippen molar-refractivity contribution in [3.05, 3.63) is 58.5 Å². The van der Waals surface area contributed by atoms with Crippen LogP contribution >= 0.6 is 0 Å². The molecule has 176 valence electrons. The van der Waals surface area contributed by atoms with E-state index in [1.807, 2.05) is 19.1 Å². The lowest BCUT2D eigenvalue weighted by molar-refractivity contribution is -0.0116. The molecule has 0 unspecified atom stereocenters. The van der Waals surface area contributed by atoms with E-state index in [0.717, 1.165) is 49.6 Å². The van der Waals surface area contributed by atoms with Crippen LogP contribution < -0.4 is 16.0 Å². The second-order valence-electron chi connectivity index (χ2n) is 8.95. The summed E-state index contributed by atoms with van der Waals surface area (Å²) in [5.41, 5.74) is 9.93. The number of morpholine rings is 1. The normalized spacial score (nSPS) is 19.5. The first-order valence-corrected chi connectivity index (χ1v) is 11.5. The molecular formula is C25H28FN7O. The number of nitrogens with zero attached hydrogens (tertiary/aromatic N) is 5. The minimum Gasteiger partial charge on any atom is -0.378 e. The van der Waals surface area contributed by atoms with Crippen LogP contribution in [0, 0.1) is 31.0 Å². The number of hydrogen-bond acceptors (Lipinski definition) is 8. The lowest BCUT2D eigenvalue weighted by Gasteiger charge is -2.44. The zero-order valence-electron chi connectivity index (χ0n) is 19.4. The van der Waals surface area contributed by atoms with Gasteiger partial charge >= 0.3 is 0 Å². The van der Waals surface area contributed by atoms with Gasteiger partial charge in [0, 0.05) is 42.6 Å². The Labute approximate surface area is 198 Å². The number of fused-ring (bicyclic) bond motifs is 2. The Kier molecular flexibility index (Phi) is 6.04. The molecule has 2 aliphatic heterocycles. The molecule has 0 saturated carbocycles. The first-order valence-electron chi connectivity index (χ1n) is 11.5. The molecule has 34 heavy (non-hydrogen) atoms. The maximum Gasteiger partial charge on any atom is 0.158 e. The van der Waals surface area contributed by atoms with Crippen LogP contribution in [0.1, 0.15) is 28.6 Å². The predicted octanol–water partition coefficient (Wildman–Crippen LogP) is 2.85. The van der Waals surface area contributed by atoms with Crippen molar-refractivity contribution in [2.75, 3.05) is 49.6 Å². The molecular weight excluding hydrogens is 433 g/mol. The van der Waals surface area contributed by atoms with Gasteiger partial charge in [0.1, 0.15) is 12.0 Å². The fourth-order valence-corrected chi connectivity index (χ4v) is 4.98. The number of benzene rings is 2.